The Morgan fingerprint density at radius 3 is 2.61 bits per heavy atom. The highest BCUT2D eigenvalue weighted by molar-refractivity contribution is 6.42. The molecule has 1 aliphatic heterocycles. The van der Waals surface area contributed by atoms with E-state index in [0.717, 1.165) is 62.4 Å². The zero-order chi connectivity index (χ0) is 26.9. The van der Waals surface area contributed by atoms with Gasteiger partial charge in [-0.3, -0.25) is 9.59 Å². The Kier molecular flexibility index (Phi) is 8.07. The molecule has 204 valence electrons. The predicted molar refractivity (Wildman–Crippen MR) is 149 cm³/mol. The average molecular weight is 560 g/mol. The highest BCUT2D eigenvalue weighted by Gasteiger charge is 2.59. The summed E-state index contributed by atoms with van der Waals surface area (Å²) in [6.07, 6.45) is 6.22. The first kappa shape index (κ1) is 27.4. The highest BCUT2D eigenvalue weighted by atomic mass is 35.5. The van der Waals surface area contributed by atoms with Gasteiger partial charge in [-0.15, -0.1) is 0 Å². The van der Waals surface area contributed by atoms with Crippen LogP contribution in [0.5, 0.6) is 5.75 Å². The van der Waals surface area contributed by atoms with Crippen LogP contribution < -0.4 is 10.1 Å². The molecule has 1 saturated heterocycles. The molecule has 8 heteroatoms. The third kappa shape index (κ3) is 5.74. The number of carbonyl (C=O) groups is 2. The molecule has 2 aromatic carbocycles. The molecule has 1 N–H and O–H groups in total. The van der Waals surface area contributed by atoms with Gasteiger partial charge in [0.25, 0.3) is 0 Å². The Hall–Kier alpha value is -2.12. The molecular weight excluding hydrogens is 523 g/mol. The van der Waals surface area contributed by atoms with Crippen LogP contribution in [0.15, 0.2) is 42.5 Å². The van der Waals surface area contributed by atoms with Gasteiger partial charge in [0.05, 0.1) is 22.1 Å². The summed E-state index contributed by atoms with van der Waals surface area (Å²) in [6.45, 7) is 4.38. The zero-order valence-electron chi connectivity index (χ0n) is 22.1. The van der Waals surface area contributed by atoms with E-state index in [1.54, 1.807) is 12.1 Å². The van der Waals surface area contributed by atoms with E-state index in [-0.39, 0.29) is 35.4 Å². The van der Waals surface area contributed by atoms with Gasteiger partial charge in [0.15, 0.2) is 0 Å². The molecule has 5 rings (SSSR count). The van der Waals surface area contributed by atoms with Gasteiger partial charge in [-0.25, -0.2) is 0 Å². The number of fused-ring (bicyclic) bond motifs is 1. The Labute approximate surface area is 235 Å². The van der Waals surface area contributed by atoms with Gasteiger partial charge in [0, 0.05) is 38.6 Å². The molecule has 1 amide bonds. The molecule has 2 aliphatic carbocycles. The lowest BCUT2D eigenvalue weighted by Gasteiger charge is -2.60. The van der Waals surface area contributed by atoms with Crippen molar-refractivity contribution in [2.24, 2.45) is 5.92 Å². The van der Waals surface area contributed by atoms with E-state index in [4.69, 9.17) is 32.7 Å². The first-order valence-corrected chi connectivity index (χ1v) is 14.3. The van der Waals surface area contributed by atoms with Gasteiger partial charge in [-0.05, 0) is 86.4 Å². The monoisotopic (exact) mass is 558 g/mol. The van der Waals surface area contributed by atoms with Gasteiger partial charge >= 0.3 is 5.97 Å². The number of amides is 1. The number of nitrogens with zero attached hydrogens (tertiary/aromatic N) is 1. The highest BCUT2D eigenvalue weighted by Crippen LogP contribution is 2.54. The maximum Gasteiger partial charge on any atom is 0.308 e. The van der Waals surface area contributed by atoms with Crippen molar-refractivity contribution in [3.05, 3.63) is 63.6 Å². The molecule has 0 bridgehead atoms. The van der Waals surface area contributed by atoms with Crippen LogP contribution in [0.2, 0.25) is 10.0 Å². The lowest BCUT2D eigenvalue weighted by atomic mass is 9.55. The number of hydrogen-bond acceptors (Lipinski definition) is 5. The number of halogens is 2. The van der Waals surface area contributed by atoms with Gasteiger partial charge < -0.3 is 19.7 Å². The fraction of sp³-hybridized carbons (Fsp3) is 0.533. The second-order valence-electron chi connectivity index (χ2n) is 11.3. The minimum atomic E-state index is -0.389. The lowest BCUT2D eigenvalue weighted by Crippen LogP contribution is -2.68. The van der Waals surface area contributed by atoms with Crippen molar-refractivity contribution in [1.82, 2.24) is 10.2 Å². The van der Waals surface area contributed by atoms with Crippen molar-refractivity contribution >= 4 is 35.1 Å². The van der Waals surface area contributed by atoms with Crippen molar-refractivity contribution in [2.45, 2.75) is 68.9 Å². The minimum Gasteiger partial charge on any atom is -0.427 e. The largest absolute Gasteiger partial charge is 0.427 e. The van der Waals surface area contributed by atoms with Crippen LogP contribution in [0.4, 0.5) is 0 Å². The van der Waals surface area contributed by atoms with Crippen molar-refractivity contribution < 1.29 is 19.1 Å². The topological polar surface area (TPSA) is 67.9 Å². The van der Waals surface area contributed by atoms with E-state index in [1.807, 2.05) is 31.4 Å². The Balaban J connectivity index is 1.41. The van der Waals surface area contributed by atoms with Crippen LogP contribution in [0.3, 0.4) is 0 Å². The number of likely N-dealkylation sites (tertiary alicyclic amines) is 1. The van der Waals surface area contributed by atoms with E-state index in [2.05, 4.69) is 16.3 Å². The molecule has 0 aromatic heterocycles. The number of benzene rings is 2. The summed E-state index contributed by atoms with van der Waals surface area (Å²) >= 11 is 12.2. The quantitative estimate of drug-likeness (QED) is 0.339. The molecule has 3 aliphatic rings. The van der Waals surface area contributed by atoms with Crippen LogP contribution in [0.25, 0.3) is 0 Å². The van der Waals surface area contributed by atoms with Crippen LogP contribution in [-0.4, -0.2) is 55.2 Å². The summed E-state index contributed by atoms with van der Waals surface area (Å²) in [6, 6.07) is 13.2. The molecule has 3 atom stereocenters. The van der Waals surface area contributed by atoms with Gasteiger partial charge in [-0.2, -0.15) is 0 Å². The van der Waals surface area contributed by atoms with Gasteiger partial charge in [-0.1, -0.05) is 41.4 Å². The maximum absolute atomic E-state index is 13.1. The fourth-order valence-electron chi connectivity index (χ4n) is 6.67. The van der Waals surface area contributed by atoms with Gasteiger partial charge in [0.2, 0.25) is 5.91 Å². The normalized spacial score (nSPS) is 27.4. The molecule has 0 spiro atoms. The second kappa shape index (κ2) is 11.2. The Bertz CT molecular complexity index is 1200. The number of hydrogen-bond donors (Lipinski definition) is 1. The SMILES string of the molecule is COC12CC[C@H](NC(=O)Cc3ccc(Cl)c(Cl)c3)CC1(c1cccc(OC(C)=O)c1)CCN(CC1CC1)C2. The predicted octanol–water partition coefficient (Wildman–Crippen LogP) is 5.57. The standard InChI is InChI=1S/C30H36Cl2N2O4/c1-20(35)38-25-5-3-4-23(16-25)29-12-13-34(18-21-6-7-21)19-30(29,37-2)11-10-24(17-29)33-28(36)15-22-8-9-26(31)27(32)14-22/h3-5,8-9,14,16,21,24H,6-7,10-13,15,17-19H2,1-2H3,(H,33,36)/t24-,29?,30?/m0/s1. The summed E-state index contributed by atoms with van der Waals surface area (Å²) in [5.74, 6) is 0.975. The molecule has 38 heavy (non-hydrogen) atoms. The Morgan fingerprint density at radius 2 is 1.89 bits per heavy atom. The number of carbonyl (C=O) groups excluding carboxylic acids is 2. The van der Waals surface area contributed by atoms with Crippen molar-refractivity contribution in [1.29, 1.82) is 0 Å². The molecule has 6 nitrogen and oxygen atoms in total. The van der Waals surface area contributed by atoms with Crippen LogP contribution in [-0.2, 0) is 26.2 Å². The zero-order valence-corrected chi connectivity index (χ0v) is 23.6. The van der Waals surface area contributed by atoms with E-state index < -0.39 is 0 Å². The molecule has 1 heterocycles. The molecule has 2 unspecified atom stereocenters. The number of esters is 1. The first-order valence-electron chi connectivity index (χ1n) is 13.5. The van der Waals surface area contributed by atoms with Crippen LogP contribution in [0.1, 0.15) is 56.6 Å². The van der Waals surface area contributed by atoms with Crippen molar-refractivity contribution in [3.8, 4) is 5.75 Å². The van der Waals surface area contributed by atoms with E-state index in [0.29, 0.717) is 15.8 Å². The number of methoxy groups -OCH3 is 1. The number of rotatable bonds is 8. The molecule has 0 radical (unpaired) electrons. The molecular formula is C30H36Cl2N2O4. The van der Waals surface area contributed by atoms with Crippen LogP contribution >= 0.6 is 23.2 Å². The molecule has 2 saturated carbocycles. The summed E-state index contributed by atoms with van der Waals surface area (Å²) in [4.78, 5) is 27.4. The summed E-state index contributed by atoms with van der Waals surface area (Å²) < 4.78 is 11.9. The first-order chi connectivity index (χ1) is 18.2. The average Bonchev–Trinajstić information content (AvgIpc) is 3.70. The van der Waals surface area contributed by atoms with Crippen molar-refractivity contribution in [2.75, 3.05) is 26.7 Å². The third-order valence-corrected chi connectivity index (χ3v) is 9.40. The number of piperidine rings is 1. The van der Waals surface area contributed by atoms with Crippen LogP contribution in [0, 0.1) is 5.92 Å². The van der Waals surface area contributed by atoms with E-state index in [9.17, 15) is 9.59 Å². The summed E-state index contributed by atoms with van der Waals surface area (Å²) in [5.41, 5.74) is 1.22. The Morgan fingerprint density at radius 1 is 1.08 bits per heavy atom. The number of ether oxygens (including phenoxy) is 2. The summed E-state index contributed by atoms with van der Waals surface area (Å²) in [7, 11) is 1.83. The van der Waals surface area contributed by atoms with E-state index >= 15 is 0 Å². The molecule has 3 fully saturated rings. The van der Waals surface area contributed by atoms with Gasteiger partial charge in [0.1, 0.15) is 5.75 Å². The summed E-state index contributed by atoms with van der Waals surface area (Å²) in [5, 5.41) is 4.23. The minimum absolute atomic E-state index is 0.000843. The number of nitrogens with one attached hydrogen (secondary N) is 1. The van der Waals surface area contributed by atoms with Crippen molar-refractivity contribution in [3.63, 3.8) is 0 Å². The third-order valence-electron chi connectivity index (χ3n) is 8.66. The maximum atomic E-state index is 13.1. The smallest absolute Gasteiger partial charge is 0.308 e. The molecule has 2 aromatic rings. The lowest BCUT2D eigenvalue weighted by molar-refractivity contribution is -0.151. The second-order valence-corrected chi connectivity index (χ2v) is 12.1. The van der Waals surface area contributed by atoms with E-state index in [1.165, 1.54) is 19.8 Å². The fourth-order valence-corrected chi connectivity index (χ4v) is 6.99.